The molecule has 1 unspecified atom stereocenters. The average Bonchev–Trinajstić information content (AvgIpc) is 3.33. The Morgan fingerprint density at radius 3 is 2.43 bits per heavy atom. The summed E-state index contributed by atoms with van der Waals surface area (Å²) in [5.41, 5.74) is 0.720. The highest BCUT2D eigenvalue weighted by Crippen LogP contribution is 2.39. The summed E-state index contributed by atoms with van der Waals surface area (Å²) in [7, 11) is 3.21. The number of benzene rings is 2. The number of aromatic nitrogens is 1. The van der Waals surface area contributed by atoms with Crippen molar-refractivity contribution in [3.63, 3.8) is 0 Å². The minimum absolute atomic E-state index is 0.101. The van der Waals surface area contributed by atoms with Gasteiger partial charge in [-0.2, -0.15) is 13.2 Å². The number of halogens is 5. The van der Waals surface area contributed by atoms with Crippen LogP contribution in [0.25, 0.3) is 11.1 Å². The third-order valence-electron chi connectivity index (χ3n) is 5.08. The molecule has 0 fully saturated rings. The smallest absolute Gasteiger partial charge is 0.419 e. The molecule has 1 aromatic heterocycles. The van der Waals surface area contributed by atoms with E-state index in [9.17, 15) is 31.5 Å². The molecule has 0 bridgehead atoms. The highest BCUT2D eigenvalue weighted by molar-refractivity contribution is 5.91. The molecule has 0 spiro atoms. The molecule has 0 aliphatic carbocycles. The largest absolute Gasteiger partial charge is 0.479 e. The number of rotatable bonds is 8. The minimum Gasteiger partial charge on any atom is -0.479 e. The monoisotopic (exact) mass is 528 g/mol. The Hall–Kier alpha value is -4.00. The second-order valence-electron chi connectivity index (χ2n) is 7.59. The van der Waals surface area contributed by atoms with Gasteiger partial charge in [-0.15, -0.1) is 0 Å². The van der Waals surface area contributed by atoms with Crippen LogP contribution in [-0.2, 0) is 11.0 Å². The lowest BCUT2D eigenvalue weighted by atomic mass is 9.96. The van der Waals surface area contributed by atoms with Gasteiger partial charge < -0.3 is 14.6 Å². The van der Waals surface area contributed by atoms with Gasteiger partial charge in [0, 0.05) is 19.2 Å². The Balaban J connectivity index is 0.000000294. The zero-order chi connectivity index (χ0) is 27.8. The number of hydrogen-bond donors (Lipinski definition) is 2. The van der Waals surface area contributed by atoms with Crippen molar-refractivity contribution in [3.8, 4) is 17.0 Å². The Bertz CT molecular complexity index is 1220. The molecule has 2 aromatic carbocycles. The number of alkyl halides is 3. The fourth-order valence-electron chi connectivity index (χ4n) is 3.06. The fraction of sp³-hybridized carbons (Fsp3) is 0.292. The van der Waals surface area contributed by atoms with E-state index in [-0.39, 0.29) is 28.7 Å². The zero-order valence-electron chi connectivity index (χ0n) is 20.3. The van der Waals surface area contributed by atoms with Crippen LogP contribution >= 0.6 is 0 Å². The first-order valence-electron chi connectivity index (χ1n) is 10.8. The van der Waals surface area contributed by atoms with E-state index in [1.165, 1.54) is 32.2 Å². The summed E-state index contributed by atoms with van der Waals surface area (Å²) >= 11 is 0. The van der Waals surface area contributed by atoms with Gasteiger partial charge in [-0.05, 0) is 35.3 Å². The van der Waals surface area contributed by atoms with Crippen LogP contribution in [0, 0.1) is 11.6 Å². The molecule has 0 saturated carbocycles. The topological polar surface area (TPSA) is 96.7 Å². The summed E-state index contributed by atoms with van der Waals surface area (Å²) in [6, 6.07) is 7.10. The molecule has 3 rings (SSSR count). The van der Waals surface area contributed by atoms with Crippen molar-refractivity contribution in [1.82, 2.24) is 20.9 Å². The standard InChI is InChI=1S/C16H12F5NO.C8H13N3O3/c1-9(22-8-23)11-6-5-10(7-14(11)18)12-3-2-4-13(17)15(12)16(19,20)21;1-4-11(2)9-8(12)6-5-7(13-3)10-14-6/h2-9H,1H3,(H,22,23);5H,4H2,1-3H3,(H,9,12). The van der Waals surface area contributed by atoms with Gasteiger partial charge in [0.2, 0.25) is 12.2 Å². The number of hydrazine groups is 1. The summed E-state index contributed by atoms with van der Waals surface area (Å²) in [6.07, 6.45) is -4.51. The molecule has 13 heteroatoms. The lowest BCUT2D eigenvalue weighted by molar-refractivity contribution is -0.139. The van der Waals surface area contributed by atoms with Crippen molar-refractivity contribution >= 4 is 12.3 Å². The highest BCUT2D eigenvalue weighted by atomic mass is 19.4. The third kappa shape index (κ3) is 7.74. The van der Waals surface area contributed by atoms with E-state index in [1.807, 2.05) is 6.92 Å². The predicted molar refractivity (Wildman–Crippen MR) is 123 cm³/mol. The number of ether oxygens (including phenoxy) is 1. The van der Waals surface area contributed by atoms with Crippen LogP contribution in [0.2, 0.25) is 0 Å². The van der Waals surface area contributed by atoms with Crippen molar-refractivity contribution in [2.24, 2.45) is 0 Å². The Kier molecular flexibility index (Phi) is 10.1. The first kappa shape index (κ1) is 29.2. The molecule has 1 heterocycles. The van der Waals surface area contributed by atoms with E-state index in [2.05, 4.69) is 15.9 Å². The summed E-state index contributed by atoms with van der Waals surface area (Å²) in [4.78, 5) is 21.8. The number of carbonyl (C=O) groups excluding carboxylic acids is 2. The number of nitrogens with zero attached hydrogens (tertiary/aromatic N) is 2. The van der Waals surface area contributed by atoms with E-state index < -0.39 is 35.0 Å². The molecule has 2 N–H and O–H groups in total. The molecule has 0 radical (unpaired) electrons. The summed E-state index contributed by atoms with van der Waals surface area (Å²) in [6.45, 7) is 4.15. The van der Waals surface area contributed by atoms with Gasteiger partial charge in [-0.25, -0.2) is 13.8 Å². The Labute approximate surface area is 209 Å². The normalized spacial score (nSPS) is 11.8. The summed E-state index contributed by atoms with van der Waals surface area (Å²) < 4.78 is 76.3. The first-order valence-corrected chi connectivity index (χ1v) is 10.8. The third-order valence-corrected chi connectivity index (χ3v) is 5.08. The van der Waals surface area contributed by atoms with E-state index >= 15 is 0 Å². The average molecular weight is 528 g/mol. The van der Waals surface area contributed by atoms with Gasteiger partial charge in [0.15, 0.2) is 0 Å². The maximum Gasteiger partial charge on any atom is 0.419 e. The van der Waals surface area contributed by atoms with Gasteiger partial charge in [0.25, 0.3) is 5.88 Å². The molecule has 8 nitrogen and oxygen atoms in total. The van der Waals surface area contributed by atoms with Gasteiger partial charge in [-0.1, -0.05) is 31.2 Å². The summed E-state index contributed by atoms with van der Waals surface area (Å²) in [5.74, 6) is -2.14. The van der Waals surface area contributed by atoms with Gasteiger partial charge >= 0.3 is 12.1 Å². The number of nitrogens with one attached hydrogen (secondary N) is 2. The first-order chi connectivity index (χ1) is 17.4. The molecule has 200 valence electrons. The lowest BCUT2D eigenvalue weighted by Gasteiger charge is -2.16. The van der Waals surface area contributed by atoms with E-state index in [0.29, 0.717) is 19.0 Å². The molecular formula is C24H25F5N4O4. The van der Waals surface area contributed by atoms with E-state index in [4.69, 9.17) is 9.26 Å². The van der Waals surface area contributed by atoms with Crippen LogP contribution in [0.15, 0.2) is 47.0 Å². The lowest BCUT2D eigenvalue weighted by Crippen LogP contribution is -2.38. The molecule has 37 heavy (non-hydrogen) atoms. The van der Waals surface area contributed by atoms with Crippen molar-refractivity contribution in [2.45, 2.75) is 26.1 Å². The maximum atomic E-state index is 14.1. The zero-order valence-corrected chi connectivity index (χ0v) is 20.3. The van der Waals surface area contributed by atoms with E-state index in [0.717, 1.165) is 18.2 Å². The van der Waals surface area contributed by atoms with Crippen LogP contribution in [0.5, 0.6) is 5.88 Å². The van der Waals surface area contributed by atoms with Crippen LogP contribution in [0.4, 0.5) is 22.0 Å². The second-order valence-corrected chi connectivity index (χ2v) is 7.59. The summed E-state index contributed by atoms with van der Waals surface area (Å²) in [5, 5.41) is 7.49. The van der Waals surface area contributed by atoms with Crippen LogP contribution in [-0.4, -0.2) is 43.2 Å². The van der Waals surface area contributed by atoms with Gasteiger partial charge in [0.1, 0.15) is 11.6 Å². The van der Waals surface area contributed by atoms with Gasteiger partial charge in [-0.3, -0.25) is 15.0 Å². The highest BCUT2D eigenvalue weighted by Gasteiger charge is 2.37. The number of carbonyl (C=O) groups is 2. The van der Waals surface area contributed by atoms with Gasteiger partial charge in [0.05, 0.1) is 24.8 Å². The maximum absolute atomic E-state index is 14.1. The van der Waals surface area contributed by atoms with Crippen LogP contribution in [0.1, 0.15) is 41.6 Å². The number of hydrogen-bond acceptors (Lipinski definition) is 6. The molecule has 1 atom stereocenters. The number of amides is 2. The van der Waals surface area contributed by atoms with Crippen molar-refractivity contribution in [1.29, 1.82) is 0 Å². The molecule has 2 amide bonds. The Morgan fingerprint density at radius 1 is 1.19 bits per heavy atom. The van der Waals surface area contributed by atoms with Crippen LogP contribution < -0.4 is 15.5 Å². The molecular weight excluding hydrogens is 503 g/mol. The minimum atomic E-state index is -4.90. The van der Waals surface area contributed by atoms with Crippen molar-refractivity contribution < 1.29 is 40.8 Å². The van der Waals surface area contributed by atoms with Crippen molar-refractivity contribution in [2.75, 3.05) is 20.7 Å². The molecule has 0 aliphatic rings. The van der Waals surface area contributed by atoms with Crippen molar-refractivity contribution in [3.05, 3.63) is 71.0 Å². The van der Waals surface area contributed by atoms with Crippen LogP contribution in [0.3, 0.4) is 0 Å². The fourth-order valence-corrected chi connectivity index (χ4v) is 3.06. The molecule has 3 aromatic rings. The molecule has 0 aliphatic heterocycles. The Morgan fingerprint density at radius 2 is 1.89 bits per heavy atom. The second kappa shape index (κ2) is 12.8. The quantitative estimate of drug-likeness (QED) is 0.249. The van der Waals surface area contributed by atoms with E-state index in [1.54, 1.807) is 12.1 Å². The number of methoxy groups -OCH3 is 1. The molecule has 0 saturated heterocycles. The predicted octanol–water partition coefficient (Wildman–Crippen LogP) is 4.74. The SMILES string of the molecule is CC(NC=O)c1ccc(-c2cccc(F)c2C(F)(F)F)cc1F.CCN(C)NC(=O)c1cc(OC)no1.